The number of amides is 2. The standard InChI is InChI=1S/C29H39N3O6/c1-3-16-32(2)19-25-18-26(22-14-12-21(20-33)13-15-22)38-29(37-25)23-8-7-9-24(17-23)30-27(34)10-5-4-6-11-28(35)31-36/h3,7-9,12-15,17,25-26,29,33,36H,1,4-6,10-11,16,18-20H2,2H3,(H,30,34)(H,31,35). The molecule has 0 radical (unpaired) electrons. The van der Waals surface area contributed by atoms with Crippen LogP contribution in [0.15, 0.2) is 61.2 Å². The van der Waals surface area contributed by atoms with Gasteiger partial charge in [-0.05, 0) is 43.1 Å². The summed E-state index contributed by atoms with van der Waals surface area (Å²) in [6.07, 6.45) is 4.22. The molecule has 0 aromatic heterocycles. The monoisotopic (exact) mass is 525 g/mol. The van der Waals surface area contributed by atoms with Crippen LogP contribution in [0.3, 0.4) is 0 Å². The Kier molecular flexibility index (Phi) is 11.9. The van der Waals surface area contributed by atoms with E-state index in [1.54, 1.807) is 5.48 Å². The van der Waals surface area contributed by atoms with Crippen LogP contribution in [0, 0.1) is 0 Å². The van der Waals surface area contributed by atoms with E-state index in [-0.39, 0.29) is 31.1 Å². The lowest BCUT2D eigenvalue weighted by molar-refractivity contribution is -0.252. The van der Waals surface area contributed by atoms with Crippen molar-refractivity contribution in [1.29, 1.82) is 0 Å². The number of nitrogens with zero attached hydrogens (tertiary/aromatic N) is 1. The molecule has 1 heterocycles. The van der Waals surface area contributed by atoms with Crippen LogP contribution in [-0.2, 0) is 25.7 Å². The molecule has 4 N–H and O–H groups in total. The Labute approximate surface area is 224 Å². The molecule has 3 rings (SSSR count). The van der Waals surface area contributed by atoms with E-state index in [1.165, 1.54) is 0 Å². The number of hydrogen-bond acceptors (Lipinski definition) is 7. The van der Waals surface area contributed by atoms with Crippen LogP contribution in [0.25, 0.3) is 0 Å². The first-order valence-electron chi connectivity index (χ1n) is 13.0. The highest BCUT2D eigenvalue weighted by atomic mass is 16.7. The molecule has 2 aromatic carbocycles. The lowest BCUT2D eigenvalue weighted by atomic mass is 9.99. The van der Waals surface area contributed by atoms with Gasteiger partial charge in [-0.25, -0.2) is 5.48 Å². The van der Waals surface area contributed by atoms with Crippen molar-refractivity contribution in [2.24, 2.45) is 0 Å². The van der Waals surface area contributed by atoms with Gasteiger partial charge in [-0.3, -0.25) is 14.8 Å². The summed E-state index contributed by atoms with van der Waals surface area (Å²) in [5, 5.41) is 20.9. The van der Waals surface area contributed by atoms with Crippen LogP contribution in [0.4, 0.5) is 5.69 Å². The summed E-state index contributed by atoms with van der Waals surface area (Å²) in [6, 6.07) is 15.3. The number of unbranched alkanes of at least 4 members (excludes halogenated alkanes) is 2. The fourth-order valence-electron chi connectivity index (χ4n) is 4.47. The number of carbonyl (C=O) groups excluding carboxylic acids is 2. The zero-order valence-electron chi connectivity index (χ0n) is 22.0. The number of likely N-dealkylation sites (N-methyl/N-ethyl adjacent to an activating group) is 1. The highest BCUT2D eigenvalue weighted by Crippen LogP contribution is 2.38. The molecule has 2 amide bonds. The molecule has 0 spiro atoms. The number of hydrogen-bond donors (Lipinski definition) is 4. The minimum atomic E-state index is -0.608. The first-order chi connectivity index (χ1) is 18.4. The molecule has 3 atom stereocenters. The Hall–Kier alpha value is -3.08. The van der Waals surface area contributed by atoms with E-state index >= 15 is 0 Å². The van der Waals surface area contributed by atoms with Gasteiger partial charge in [0.05, 0.1) is 18.8 Å². The van der Waals surface area contributed by atoms with Gasteiger partial charge >= 0.3 is 0 Å². The van der Waals surface area contributed by atoms with Crippen LogP contribution in [-0.4, -0.2) is 53.3 Å². The lowest BCUT2D eigenvalue weighted by Crippen LogP contribution is -2.37. The van der Waals surface area contributed by atoms with Gasteiger partial charge in [0.15, 0.2) is 6.29 Å². The SMILES string of the molecule is C=CCN(C)CC1CC(c2ccc(CO)cc2)OC(c2cccc(NC(=O)CCCCCC(=O)NO)c2)O1. The van der Waals surface area contributed by atoms with Crippen molar-refractivity contribution in [3.8, 4) is 0 Å². The number of benzene rings is 2. The maximum absolute atomic E-state index is 12.5. The van der Waals surface area contributed by atoms with Crippen molar-refractivity contribution in [2.75, 3.05) is 25.5 Å². The average molecular weight is 526 g/mol. The molecule has 9 nitrogen and oxygen atoms in total. The second-order valence-corrected chi connectivity index (χ2v) is 9.63. The summed E-state index contributed by atoms with van der Waals surface area (Å²) in [7, 11) is 2.03. The lowest BCUT2D eigenvalue weighted by Gasteiger charge is -2.37. The van der Waals surface area contributed by atoms with Gasteiger partial charge in [0.1, 0.15) is 0 Å². The number of aliphatic hydroxyl groups is 1. The minimum Gasteiger partial charge on any atom is -0.392 e. The van der Waals surface area contributed by atoms with E-state index in [9.17, 15) is 14.7 Å². The second-order valence-electron chi connectivity index (χ2n) is 9.63. The molecular formula is C29H39N3O6. The van der Waals surface area contributed by atoms with Crippen LogP contribution >= 0.6 is 0 Å². The molecule has 1 saturated heterocycles. The van der Waals surface area contributed by atoms with E-state index in [4.69, 9.17) is 14.7 Å². The van der Waals surface area contributed by atoms with Crippen molar-refractivity contribution < 1.29 is 29.4 Å². The zero-order valence-corrected chi connectivity index (χ0v) is 22.0. The third-order valence-corrected chi connectivity index (χ3v) is 6.45. The average Bonchev–Trinajstić information content (AvgIpc) is 2.92. The zero-order chi connectivity index (χ0) is 27.3. The first kappa shape index (κ1) is 29.5. The highest BCUT2D eigenvalue weighted by molar-refractivity contribution is 5.90. The Morgan fingerprint density at radius 3 is 2.47 bits per heavy atom. The van der Waals surface area contributed by atoms with Gasteiger partial charge in [-0.15, -0.1) is 6.58 Å². The van der Waals surface area contributed by atoms with Crippen LogP contribution in [0.1, 0.15) is 67.6 Å². The summed E-state index contributed by atoms with van der Waals surface area (Å²) >= 11 is 0. The number of rotatable bonds is 14. The van der Waals surface area contributed by atoms with Crippen molar-refractivity contribution in [2.45, 2.75) is 63.6 Å². The van der Waals surface area contributed by atoms with Crippen molar-refractivity contribution in [3.63, 3.8) is 0 Å². The number of hydroxylamine groups is 1. The number of nitrogens with one attached hydrogen (secondary N) is 2. The van der Waals surface area contributed by atoms with Gasteiger partial charge in [0, 0.05) is 43.6 Å². The maximum Gasteiger partial charge on any atom is 0.243 e. The summed E-state index contributed by atoms with van der Waals surface area (Å²) in [4.78, 5) is 25.7. The summed E-state index contributed by atoms with van der Waals surface area (Å²) < 4.78 is 12.8. The Morgan fingerprint density at radius 2 is 1.79 bits per heavy atom. The quantitative estimate of drug-likeness (QED) is 0.126. The van der Waals surface area contributed by atoms with Crippen LogP contribution < -0.4 is 10.8 Å². The molecule has 38 heavy (non-hydrogen) atoms. The number of carbonyl (C=O) groups is 2. The third kappa shape index (κ3) is 9.34. The molecule has 1 fully saturated rings. The second kappa shape index (κ2) is 15.4. The highest BCUT2D eigenvalue weighted by Gasteiger charge is 2.32. The van der Waals surface area contributed by atoms with E-state index < -0.39 is 12.2 Å². The fraction of sp³-hybridized carbons (Fsp3) is 0.448. The molecule has 1 aliphatic heterocycles. The van der Waals surface area contributed by atoms with Gasteiger partial charge < -0.3 is 24.8 Å². The topological polar surface area (TPSA) is 120 Å². The van der Waals surface area contributed by atoms with E-state index in [0.29, 0.717) is 44.3 Å². The number of anilines is 1. The van der Waals surface area contributed by atoms with Crippen LogP contribution in [0.2, 0.25) is 0 Å². The molecule has 1 aliphatic rings. The van der Waals surface area contributed by atoms with Gasteiger partial charge in [-0.1, -0.05) is 48.9 Å². The predicted molar refractivity (Wildman–Crippen MR) is 144 cm³/mol. The molecule has 2 aromatic rings. The van der Waals surface area contributed by atoms with E-state index in [0.717, 1.165) is 23.2 Å². The fourth-order valence-corrected chi connectivity index (χ4v) is 4.47. The molecule has 206 valence electrons. The van der Waals surface area contributed by atoms with Gasteiger partial charge in [0.2, 0.25) is 11.8 Å². The Balaban J connectivity index is 1.65. The van der Waals surface area contributed by atoms with E-state index in [2.05, 4.69) is 16.8 Å². The summed E-state index contributed by atoms with van der Waals surface area (Å²) in [5.41, 5.74) is 4.95. The van der Waals surface area contributed by atoms with Crippen LogP contribution in [0.5, 0.6) is 0 Å². The Bertz CT molecular complexity index is 1040. The van der Waals surface area contributed by atoms with Crippen molar-refractivity contribution >= 4 is 17.5 Å². The smallest absolute Gasteiger partial charge is 0.243 e. The predicted octanol–water partition coefficient (Wildman–Crippen LogP) is 4.24. The molecular weight excluding hydrogens is 486 g/mol. The largest absolute Gasteiger partial charge is 0.392 e. The molecule has 9 heteroatoms. The third-order valence-electron chi connectivity index (χ3n) is 6.45. The summed E-state index contributed by atoms with van der Waals surface area (Å²) in [5.74, 6) is -0.526. The van der Waals surface area contributed by atoms with Gasteiger partial charge in [-0.2, -0.15) is 0 Å². The van der Waals surface area contributed by atoms with Crippen molar-refractivity contribution in [1.82, 2.24) is 10.4 Å². The molecule has 0 aliphatic carbocycles. The number of aliphatic hydroxyl groups excluding tert-OH is 1. The number of ether oxygens (including phenoxy) is 2. The summed E-state index contributed by atoms with van der Waals surface area (Å²) in [6.45, 7) is 5.27. The molecule has 3 unspecified atom stereocenters. The molecule has 0 saturated carbocycles. The first-order valence-corrected chi connectivity index (χ1v) is 13.0. The van der Waals surface area contributed by atoms with Crippen molar-refractivity contribution in [3.05, 3.63) is 77.9 Å². The molecule has 0 bridgehead atoms. The minimum absolute atomic E-state index is 0.00804. The Morgan fingerprint density at radius 1 is 1.05 bits per heavy atom. The normalized spacial score (nSPS) is 19.2. The van der Waals surface area contributed by atoms with E-state index in [1.807, 2.05) is 61.7 Å². The van der Waals surface area contributed by atoms with Gasteiger partial charge in [0.25, 0.3) is 0 Å². The maximum atomic E-state index is 12.5.